The Morgan fingerprint density at radius 2 is 1.70 bits per heavy atom. The maximum atomic E-state index is 11.3. The lowest BCUT2D eigenvalue weighted by molar-refractivity contribution is -0.154. The third-order valence-electron chi connectivity index (χ3n) is 2.73. The summed E-state index contributed by atoms with van der Waals surface area (Å²) in [5.74, 6) is -0.0262. The zero-order valence-electron chi connectivity index (χ0n) is 13.4. The van der Waals surface area contributed by atoms with Gasteiger partial charge in [0.25, 0.3) is 0 Å². The van der Waals surface area contributed by atoms with Crippen LogP contribution < -0.4 is 0 Å². The minimum atomic E-state index is -0.529. The summed E-state index contributed by atoms with van der Waals surface area (Å²) in [7, 11) is 0. The van der Waals surface area contributed by atoms with Crippen molar-refractivity contribution in [3.05, 3.63) is 11.6 Å². The van der Waals surface area contributed by atoms with E-state index in [1.165, 1.54) is 5.57 Å². The Morgan fingerprint density at radius 1 is 1.10 bits per heavy atom. The zero-order chi connectivity index (χ0) is 15.5. The molecular formula is C16H28O4. The number of ether oxygens (including phenoxy) is 2. The van der Waals surface area contributed by atoms with E-state index >= 15 is 0 Å². The average Bonchev–Trinajstić information content (AvgIpc) is 2.27. The van der Waals surface area contributed by atoms with Crippen LogP contribution >= 0.6 is 0 Å². The molecule has 0 aliphatic carbocycles. The van der Waals surface area contributed by atoms with Crippen LogP contribution in [0.3, 0.4) is 0 Å². The van der Waals surface area contributed by atoms with Crippen LogP contribution in [-0.4, -0.2) is 25.2 Å². The third-order valence-corrected chi connectivity index (χ3v) is 2.73. The number of rotatable bonds is 9. The fourth-order valence-corrected chi connectivity index (χ4v) is 2.02. The van der Waals surface area contributed by atoms with Crippen molar-refractivity contribution in [3.63, 3.8) is 0 Å². The summed E-state index contributed by atoms with van der Waals surface area (Å²) in [5.41, 5.74) is 1.37. The highest BCUT2D eigenvalue weighted by Crippen LogP contribution is 2.14. The molecule has 4 heteroatoms. The standard InChI is InChI=1S/C16H28O4/c1-6-19-15(17)11-16(18)20-8-7-13(4)10-14(5)9-12(2)3/h10,12-13H,6-9,11H2,1-5H3. The Labute approximate surface area is 122 Å². The van der Waals surface area contributed by atoms with Crippen LogP contribution in [0.5, 0.6) is 0 Å². The van der Waals surface area contributed by atoms with E-state index in [0.29, 0.717) is 18.4 Å². The number of esters is 2. The molecule has 1 atom stereocenters. The molecule has 0 amide bonds. The number of allylic oxidation sites excluding steroid dienone is 2. The van der Waals surface area contributed by atoms with E-state index in [1.807, 2.05) is 0 Å². The molecule has 1 unspecified atom stereocenters. The number of carbonyl (C=O) groups excluding carboxylic acids is 2. The van der Waals surface area contributed by atoms with Gasteiger partial charge in [0.05, 0.1) is 13.2 Å². The molecular weight excluding hydrogens is 256 g/mol. The van der Waals surface area contributed by atoms with E-state index in [4.69, 9.17) is 4.74 Å². The molecule has 0 spiro atoms. The summed E-state index contributed by atoms with van der Waals surface area (Å²) in [5, 5.41) is 0. The Bertz CT molecular complexity index is 331. The molecule has 0 aromatic heterocycles. The minimum absolute atomic E-state index is 0.281. The van der Waals surface area contributed by atoms with Crippen LogP contribution in [0, 0.1) is 11.8 Å². The van der Waals surface area contributed by atoms with Crippen LogP contribution in [0.4, 0.5) is 0 Å². The van der Waals surface area contributed by atoms with Gasteiger partial charge in [-0.25, -0.2) is 0 Å². The first-order valence-electron chi connectivity index (χ1n) is 7.33. The first kappa shape index (κ1) is 18.7. The fourth-order valence-electron chi connectivity index (χ4n) is 2.02. The van der Waals surface area contributed by atoms with Gasteiger partial charge < -0.3 is 9.47 Å². The third kappa shape index (κ3) is 10.6. The van der Waals surface area contributed by atoms with Gasteiger partial charge in [-0.05, 0) is 38.5 Å². The molecule has 4 nitrogen and oxygen atoms in total. The van der Waals surface area contributed by atoms with E-state index in [-0.39, 0.29) is 13.0 Å². The van der Waals surface area contributed by atoms with Gasteiger partial charge in [-0.15, -0.1) is 0 Å². The highest BCUT2D eigenvalue weighted by Gasteiger charge is 2.11. The lowest BCUT2D eigenvalue weighted by Gasteiger charge is -2.10. The van der Waals surface area contributed by atoms with Crippen molar-refractivity contribution in [3.8, 4) is 0 Å². The molecule has 116 valence electrons. The second-order valence-electron chi connectivity index (χ2n) is 5.58. The molecule has 0 rings (SSSR count). The molecule has 20 heavy (non-hydrogen) atoms. The summed E-state index contributed by atoms with van der Waals surface area (Å²) < 4.78 is 9.70. The molecule has 0 saturated carbocycles. The highest BCUT2D eigenvalue weighted by molar-refractivity contribution is 5.91. The highest BCUT2D eigenvalue weighted by atomic mass is 16.6. The molecule has 0 heterocycles. The molecule has 0 aliphatic heterocycles. The van der Waals surface area contributed by atoms with Gasteiger partial charge in [0.1, 0.15) is 6.42 Å². The van der Waals surface area contributed by atoms with Gasteiger partial charge in [0.15, 0.2) is 0 Å². The minimum Gasteiger partial charge on any atom is -0.466 e. The van der Waals surface area contributed by atoms with Crippen molar-refractivity contribution < 1.29 is 19.1 Å². The molecule has 0 fully saturated rings. The monoisotopic (exact) mass is 284 g/mol. The predicted octanol–water partition coefficient (Wildman–Crippen LogP) is 3.50. The van der Waals surface area contributed by atoms with Gasteiger partial charge >= 0.3 is 11.9 Å². The predicted molar refractivity (Wildman–Crippen MR) is 79.2 cm³/mol. The summed E-state index contributed by atoms with van der Waals surface area (Å²) in [6.07, 6.45) is 3.78. The van der Waals surface area contributed by atoms with Crippen LogP contribution in [0.1, 0.15) is 53.9 Å². The van der Waals surface area contributed by atoms with E-state index in [9.17, 15) is 9.59 Å². The maximum absolute atomic E-state index is 11.3. The second-order valence-corrected chi connectivity index (χ2v) is 5.58. The van der Waals surface area contributed by atoms with Gasteiger partial charge in [-0.1, -0.05) is 32.4 Å². The van der Waals surface area contributed by atoms with E-state index in [2.05, 4.69) is 38.5 Å². The van der Waals surface area contributed by atoms with Crippen molar-refractivity contribution >= 4 is 11.9 Å². The Balaban J connectivity index is 3.88. The van der Waals surface area contributed by atoms with Crippen LogP contribution in [0.15, 0.2) is 11.6 Å². The maximum Gasteiger partial charge on any atom is 0.317 e. The molecule has 0 saturated heterocycles. The van der Waals surface area contributed by atoms with Crippen LogP contribution in [0.2, 0.25) is 0 Å². The Morgan fingerprint density at radius 3 is 2.25 bits per heavy atom. The summed E-state index contributed by atoms with van der Waals surface area (Å²) in [6.45, 7) is 10.9. The molecule has 0 aromatic rings. The number of carbonyl (C=O) groups is 2. The quantitative estimate of drug-likeness (QED) is 0.369. The van der Waals surface area contributed by atoms with Gasteiger partial charge in [-0.3, -0.25) is 9.59 Å². The first-order chi connectivity index (χ1) is 9.35. The molecule has 0 aromatic carbocycles. The number of hydrogen-bond donors (Lipinski definition) is 0. The molecule has 0 aliphatic rings. The molecule has 0 N–H and O–H groups in total. The second kappa shape index (κ2) is 10.5. The Kier molecular flexibility index (Phi) is 9.77. The molecule has 0 radical (unpaired) electrons. The smallest absolute Gasteiger partial charge is 0.317 e. The normalized spacial score (nSPS) is 13.2. The zero-order valence-corrected chi connectivity index (χ0v) is 13.4. The fraction of sp³-hybridized carbons (Fsp3) is 0.750. The van der Waals surface area contributed by atoms with Crippen molar-refractivity contribution in [1.29, 1.82) is 0 Å². The van der Waals surface area contributed by atoms with Gasteiger partial charge in [0, 0.05) is 0 Å². The lowest BCUT2D eigenvalue weighted by atomic mass is 9.99. The molecule has 0 bridgehead atoms. The summed E-state index contributed by atoms with van der Waals surface area (Å²) in [4.78, 5) is 22.4. The van der Waals surface area contributed by atoms with Gasteiger partial charge in [0.2, 0.25) is 0 Å². The Hall–Kier alpha value is -1.32. The lowest BCUT2D eigenvalue weighted by Crippen LogP contribution is -2.15. The van der Waals surface area contributed by atoms with E-state index < -0.39 is 11.9 Å². The largest absolute Gasteiger partial charge is 0.466 e. The van der Waals surface area contributed by atoms with Crippen molar-refractivity contribution in [2.75, 3.05) is 13.2 Å². The average molecular weight is 284 g/mol. The topological polar surface area (TPSA) is 52.6 Å². The SMILES string of the molecule is CCOC(=O)CC(=O)OCCC(C)C=C(C)CC(C)C. The van der Waals surface area contributed by atoms with E-state index in [1.54, 1.807) is 6.92 Å². The van der Waals surface area contributed by atoms with Crippen molar-refractivity contribution in [2.45, 2.75) is 53.9 Å². The summed E-state index contributed by atoms with van der Waals surface area (Å²) in [6, 6.07) is 0. The number of hydrogen-bond acceptors (Lipinski definition) is 4. The van der Waals surface area contributed by atoms with Crippen LogP contribution in [-0.2, 0) is 19.1 Å². The van der Waals surface area contributed by atoms with Crippen molar-refractivity contribution in [1.82, 2.24) is 0 Å². The van der Waals surface area contributed by atoms with E-state index in [0.717, 1.165) is 12.8 Å². The van der Waals surface area contributed by atoms with Crippen molar-refractivity contribution in [2.24, 2.45) is 11.8 Å². The summed E-state index contributed by atoms with van der Waals surface area (Å²) >= 11 is 0. The van der Waals surface area contributed by atoms with Gasteiger partial charge in [-0.2, -0.15) is 0 Å². The van der Waals surface area contributed by atoms with Crippen LogP contribution in [0.25, 0.3) is 0 Å². The first-order valence-corrected chi connectivity index (χ1v) is 7.33.